The quantitative estimate of drug-likeness (QED) is 0.544. The standard InChI is InChI=1S/C23H41FN4O2/c1-13-9-10-16(24)12-17(13)19-7-5-11-28(19)23(30)22-21(15(3)26-27-22)14(2)25-18-6-4-8-20(18)29/h13-22,25-27,29H,4-12H2,1-3H3/t13?,14?,15?,16?,17?,18-,19-,20-,21?,22?/m1/s1. The van der Waals surface area contributed by atoms with E-state index < -0.39 is 6.17 Å². The van der Waals surface area contributed by atoms with Crippen molar-refractivity contribution < 1.29 is 14.3 Å². The molecule has 7 heteroatoms. The van der Waals surface area contributed by atoms with E-state index in [9.17, 15) is 14.3 Å². The predicted octanol–water partition coefficient (Wildman–Crippen LogP) is 2.12. The fourth-order valence-corrected chi connectivity index (χ4v) is 6.76. The van der Waals surface area contributed by atoms with Gasteiger partial charge in [-0.2, -0.15) is 0 Å². The van der Waals surface area contributed by atoms with E-state index in [-0.39, 0.29) is 54.1 Å². The highest BCUT2D eigenvalue weighted by molar-refractivity contribution is 5.83. The Labute approximate surface area is 180 Å². The van der Waals surface area contributed by atoms with Crippen LogP contribution in [0.25, 0.3) is 0 Å². The van der Waals surface area contributed by atoms with Crippen LogP contribution in [0.1, 0.15) is 72.1 Å². The molecule has 7 unspecified atom stereocenters. The molecular formula is C23H41FN4O2. The summed E-state index contributed by atoms with van der Waals surface area (Å²) in [7, 11) is 0. The van der Waals surface area contributed by atoms with Gasteiger partial charge >= 0.3 is 0 Å². The van der Waals surface area contributed by atoms with Crippen LogP contribution < -0.4 is 16.2 Å². The summed E-state index contributed by atoms with van der Waals surface area (Å²) in [5.41, 5.74) is 6.57. The van der Waals surface area contributed by atoms with E-state index in [1.807, 2.05) is 0 Å². The van der Waals surface area contributed by atoms with Gasteiger partial charge in [0.15, 0.2) is 0 Å². The molecule has 2 aliphatic heterocycles. The number of hydrogen-bond acceptors (Lipinski definition) is 5. The zero-order chi connectivity index (χ0) is 21.4. The van der Waals surface area contributed by atoms with E-state index in [1.165, 1.54) is 0 Å². The molecule has 172 valence electrons. The summed E-state index contributed by atoms with van der Waals surface area (Å²) in [4.78, 5) is 15.8. The largest absolute Gasteiger partial charge is 0.392 e. The molecule has 6 nitrogen and oxygen atoms in total. The van der Waals surface area contributed by atoms with Crippen LogP contribution in [0.2, 0.25) is 0 Å². The number of carbonyl (C=O) groups is 1. The first-order chi connectivity index (χ1) is 14.4. The summed E-state index contributed by atoms with van der Waals surface area (Å²) in [6.45, 7) is 7.27. The number of hydrazine groups is 1. The second-order valence-electron chi connectivity index (χ2n) is 10.5. The van der Waals surface area contributed by atoms with Crippen LogP contribution in [0.5, 0.6) is 0 Å². The number of hydrogen-bond donors (Lipinski definition) is 4. The van der Waals surface area contributed by atoms with Crippen molar-refractivity contribution >= 4 is 5.91 Å². The van der Waals surface area contributed by atoms with Crippen molar-refractivity contribution in [1.82, 2.24) is 21.1 Å². The van der Waals surface area contributed by atoms with Crippen molar-refractivity contribution in [3.8, 4) is 0 Å². The van der Waals surface area contributed by atoms with Crippen LogP contribution in [0.4, 0.5) is 4.39 Å². The highest BCUT2D eigenvalue weighted by Crippen LogP contribution is 2.40. The van der Waals surface area contributed by atoms with Gasteiger partial charge in [0.05, 0.1) is 6.10 Å². The maximum atomic E-state index is 14.2. The van der Waals surface area contributed by atoms with E-state index in [0.717, 1.165) is 45.1 Å². The molecule has 0 aromatic rings. The van der Waals surface area contributed by atoms with Crippen LogP contribution in [0.15, 0.2) is 0 Å². The highest BCUT2D eigenvalue weighted by atomic mass is 19.1. The second-order valence-corrected chi connectivity index (χ2v) is 10.5. The summed E-state index contributed by atoms with van der Waals surface area (Å²) in [6.07, 6.45) is 6.10. The van der Waals surface area contributed by atoms with Crippen molar-refractivity contribution in [1.29, 1.82) is 0 Å². The Kier molecular flexibility index (Phi) is 7.02. The van der Waals surface area contributed by atoms with Crippen molar-refractivity contribution in [2.24, 2.45) is 17.8 Å². The highest BCUT2D eigenvalue weighted by Gasteiger charge is 2.47. The third kappa shape index (κ3) is 4.41. The molecule has 0 bridgehead atoms. The zero-order valence-electron chi connectivity index (χ0n) is 18.8. The summed E-state index contributed by atoms with van der Waals surface area (Å²) in [6, 6.07) is 0.266. The Hall–Kier alpha value is -0.760. The van der Waals surface area contributed by atoms with Crippen LogP contribution in [-0.4, -0.2) is 64.9 Å². The number of nitrogens with one attached hydrogen (secondary N) is 3. The molecule has 10 atom stereocenters. The average molecular weight is 425 g/mol. The molecular weight excluding hydrogens is 383 g/mol. The van der Waals surface area contributed by atoms with Crippen LogP contribution in [0.3, 0.4) is 0 Å². The lowest BCUT2D eigenvalue weighted by Crippen LogP contribution is -2.56. The maximum Gasteiger partial charge on any atom is 0.241 e. The molecule has 2 saturated heterocycles. The topological polar surface area (TPSA) is 76.6 Å². The van der Waals surface area contributed by atoms with Gasteiger partial charge in [0.25, 0.3) is 0 Å². The number of aliphatic hydroxyl groups excluding tert-OH is 1. The number of alkyl halides is 1. The lowest BCUT2D eigenvalue weighted by atomic mass is 9.74. The van der Waals surface area contributed by atoms with E-state index in [0.29, 0.717) is 18.8 Å². The van der Waals surface area contributed by atoms with Gasteiger partial charge in [-0.15, -0.1) is 0 Å². The molecule has 4 N–H and O–H groups in total. The van der Waals surface area contributed by atoms with E-state index in [4.69, 9.17) is 0 Å². The van der Waals surface area contributed by atoms with E-state index in [2.05, 4.69) is 41.8 Å². The minimum atomic E-state index is -0.718. The monoisotopic (exact) mass is 424 g/mol. The first-order valence-electron chi connectivity index (χ1n) is 12.3. The number of rotatable bonds is 5. The fraction of sp³-hybridized carbons (Fsp3) is 0.957. The summed E-state index contributed by atoms with van der Waals surface area (Å²) in [5, 5.41) is 13.8. The number of carbonyl (C=O) groups excluding carboxylic acids is 1. The maximum absolute atomic E-state index is 14.2. The van der Waals surface area contributed by atoms with Crippen molar-refractivity contribution in [2.45, 2.75) is 115 Å². The molecule has 0 radical (unpaired) electrons. The van der Waals surface area contributed by atoms with Gasteiger partial charge in [0.2, 0.25) is 5.91 Å². The molecule has 4 aliphatic rings. The Morgan fingerprint density at radius 2 is 1.93 bits per heavy atom. The Morgan fingerprint density at radius 3 is 2.67 bits per heavy atom. The van der Waals surface area contributed by atoms with Gasteiger partial charge in [0.1, 0.15) is 12.2 Å². The lowest BCUT2D eigenvalue weighted by Gasteiger charge is -2.40. The normalized spacial score (nSPS) is 45.8. The average Bonchev–Trinajstić information content (AvgIpc) is 3.44. The van der Waals surface area contributed by atoms with Crippen LogP contribution in [-0.2, 0) is 4.79 Å². The molecule has 4 fully saturated rings. The van der Waals surface area contributed by atoms with Gasteiger partial charge < -0.3 is 15.3 Å². The SMILES string of the molecule is CC1CCC(F)CC1[C@H]1CCCN1C(=O)C1NNC(C)C1C(C)N[C@@H]1CCC[C@H]1O. The first kappa shape index (κ1) is 22.4. The molecule has 0 aromatic heterocycles. The lowest BCUT2D eigenvalue weighted by molar-refractivity contribution is -0.137. The van der Waals surface area contributed by atoms with Gasteiger partial charge in [-0.05, 0) is 77.0 Å². The van der Waals surface area contributed by atoms with E-state index >= 15 is 0 Å². The number of aliphatic hydroxyl groups is 1. The van der Waals surface area contributed by atoms with Gasteiger partial charge in [0, 0.05) is 36.6 Å². The number of nitrogens with zero attached hydrogens (tertiary/aromatic N) is 1. The molecule has 1 amide bonds. The van der Waals surface area contributed by atoms with Gasteiger partial charge in [-0.3, -0.25) is 10.2 Å². The van der Waals surface area contributed by atoms with Crippen molar-refractivity contribution in [3.05, 3.63) is 0 Å². The summed E-state index contributed by atoms with van der Waals surface area (Å²) < 4.78 is 14.2. The third-order valence-electron chi connectivity index (χ3n) is 8.50. The smallest absolute Gasteiger partial charge is 0.241 e. The van der Waals surface area contributed by atoms with Gasteiger partial charge in [-0.1, -0.05) is 6.92 Å². The molecule has 4 rings (SSSR count). The Balaban J connectivity index is 1.45. The molecule has 30 heavy (non-hydrogen) atoms. The first-order valence-corrected chi connectivity index (χ1v) is 12.3. The minimum absolute atomic E-state index is 0.101. The molecule has 0 spiro atoms. The van der Waals surface area contributed by atoms with Crippen LogP contribution in [0, 0.1) is 17.8 Å². The number of halogens is 1. The molecule has 2 aliphatic carbocycles. The predicted molar refractivity (Wildman–Crippen MR) is 115 cm³/mol. The van der Waals surface area contributed by atoms with Gasteiger partial charge in [-0.25, -0.2) is 9.82 Å². The third-order valence-corrected chi connectivity index (χ3v) is 8.50. The van der Waals surface area contributed by atoms with E-state index in [1.54, 1.807) is 0 Å². The Bertz CT molecular complexity index is 608. The number of amides is 1. The second kappa shape index (κ2) is 9.39. The number of likely N-dealkylation sites (tertiary alicyclic amines) is 1. The molecule has 2 heterocycles. The fourth-order valence-electron chi connectivity index (χ4n) is 6.76. The van der Waals surface area contributed by atoms with Crippen molar-refractivity contribution in [3.63, 3.8) is 0 Å². The van der Waals surface area contributed by atoms with Crippen LogP contribution >= 0.6 is 0 Å². The molecule has 2 saturated carbocycles. The molecule has 0 aromatic carbocycles. The van der Waals surface area contributed by atoms with Crippen molar-refractivity contribution in [2.75, 3.05) is 6.54 Å². The zero-order valence-corrected chi connectivity index (χ0v) is 18.8. The Morgan fingerprint density at radius 1 is 1.13 bits per heavy atom. The summed E-state index contributed by atoms with van der Waals surface area (Å²) in [5.74, 6) is 1.01. The minimum Gasteiger partial charge on any atom is -0.392 e. The summed E-state index contributed by atoms with van der Waals surface area (Å²) >= 11 is 0.